The van der Waals surface area contributed by atoms with Crippen molar-refractivity contribution in [3.8, 4) is 0 Å². The quantitative estimate of drug-likeness (QED) is 0.391. The molecule has 2 aromatic carbocycles. The average molecular weight is 413 g/mol. The van der Waals surface area contributed by atoms with Gasteiger partial charge in [-0.25, -0.2) is 4.79 Å². The number of anilines is 2. The molecule has 6 nitrogen and oxygen atoms in total. The van der Waals surface area contributed by atoms with E-state index < -0.39 is 5.97 Å². The molecule has 0 aliphatic rings. The number of rotatable bonds is 6. The maximum Gasteiger partial charge on any atom is 0.337 e. The van der Waals surface area contributed by atoms with Crippen LogP contribution in [-0.2, 0) is 0 Å². The van der Waals surface area contributed by atoms with Gasteiger partial charge in [-0.05, 0) is 42.5 Å². The first-order valence-corrected chi connectivity index (χ1v) is 8.80. The zero-order valence-electron chi connectivity index (χ0n) is 14.3. The molecular formula is C20H14Cl2N4O2. The second kappa shape index (κ2) is 8.21. The van der Waals surface area contributed by atoms with Crippen LogP contribution in [0.3, 0.4) is 0 Å². The number of pyridine rings is 1. The Hall–Kier alpha value is -3.22. The SMILES string of the molecule is N=C/C=C(\C=N)c1cnc2ccc(Cl)cc2c1Nc1ccc(Cl)cc1C(=O)O. The van der Waals surface area contributed by atoms with Crippen LogP contribution in [0.4, 0.5) is 11.4 Å². The molecule has 1 heterocycles. The van der Waals surface area contributed by atoms with Gasteiger partial charge in [-0.15, -0.1) is 0 Å². The van der Waals surface area contributed by atoms with E-state index in [1.54, 1.807) is 36.5 Å². The van der Waals surface area contributed by atoms with E-state index in [0.29, 0.717) is 43.5 Å². The number of nitrogens with zero attached hydrogens (tertiary/aromatic N) is 1. The van der Waals surface area contributed by atoms with Crippen LogP contribution in [0.2, 0.25) is 10.0 Å². The highest BCUT2D eigenvalue weighted by Crippen LogP contribution is 2.35. The lowest BCUT2D eigenvalue weighted by atomic mass is 10.0. The molecule has 0 spiro atoms. The Kier molecular flexibility index (Phi) is 5.73. The highest BCUT2D eigenvalue weighted by molar-refractivity contribution is 6.32. The Labute approximate surface area is 170 Å². The van der Waals surface area contributed by atoms with Gasteiger partial charge in [-0.3, -0.25) is 4.98 Å². The molecule has 0 unspecified atom stereocenters. The minimum absolute atomic E-state index is 0.00197. The second-order valence-corrected chi connectivity index (χ2v) is 6.63. The topological polar surface area (TPSA) is 110 Å². The third kappa shape index (κ3) is 3.88. The highest BCUT2D eigenvalue weighted by atomic mass is 35.5. The largest absolute Gasteiger partial charge is 0.478 e. The van der Waals surface area contributed by atoms with Crippen molar-refractivity contribution < 1.29 is 9.90 Å². The van der Waals surface area contributed by atoms with E-state index in [-0.39, 0.29) is 5.56 Å². The number of hydrogen-bond donors (Lipinski definition) is 4. The van der Waals surface area contributed by atoms with E-state index >= 15 is 0 Å². The van der Waals surface area contributed by atoms with E-state index in [1.165, 1.54) is 12.1 Å². The van der Waals surface area contributed by atoms with Crippen molar-refractivity contribution in [3.63, 3.8) is 0 Å². The lowest BCUT2D eigenvalue weighted by molar-refractivity contribution is 0.0698. The van der Waals surface area contributed by atoms with Crippen molar-refractivity contribution >= 4 is 69.5 Å². The van der Waals surface area contributed by atoms with Crippen molar-refractivity contribution in [2.75, 3.05) is 5.32 Å². The monoisotopic (exact) mass is 412 g/mol. The number of carboxylic acids is 1. The van der Waals surface area contributed by atoms with Crippen LogP contribution in [0, 0.1) is 10.8 Å². The molecule has 0 radical (unpaired) electrons. The maximum absolute atomic E-state index is 11.6. The van der Waals surface area contributed by atoms with Gasteiger partial charge in [-0.1, -0.05) is 23.2 Å². The highest BCUT2D eigenvalue weighted by Gasteiger charge is 2.16. The number of halogens is 2. The number of carboxylic acid groups (broad SMARTS) is 1. The van der Waals surface area contributed by atoms with Gasteiger partial charge in [0.15, 0.2) is 0 Å². The summed E-state index contributed by atoms with van der Waals surface area (Å²) >= 11 is 12.1. The summed E-state index contributed by atoms with van der Waals surface area (Å²) in [6.07, 6.45) is 5.18. The smallest absolute Gasteiger partial charge is 0.337 e. The zero-order chi connectivity index (χ0) is 20.3. The molecule has 3 rings (SSSR count). The van der Waals surface area contributed by atoms with Gasteiger partial charge < -0.3 is 21.2 Å². The minimum Gasteiger partial charge on any atom is -0.478 e. The first-order chi connectivity index (χ1) is 13.4. The predicted molar refractivity (Wildman–Crippen MR) is 114 cm³/mol. The summed E-state index contributed by atoms with van der Waals surface area (Å²) < 4.78 is 0. The van der Waals surface area contributed by atoms with Crippen LogP contribution in [-0.4, -0.2) is 28.5 Å². The first kappa shape index (κ1) is 19.5. The number of benzene rings is 2. The van der Waals surface area contributed by atoms with Gasteiger partial charge in [0, 0.05) is 45.2 Å². The summed E-state index contributed by atoms with van der Waals surface area (Å²) in [7, 11) is 0. The Morgan fingerprint density at radius 3 is 2.46 bits per heavy atom. The van der Waals surface area contributed by atoms with Gasteiger partial charge in [0.1, 0.15) is 0 Å². The molecule has 0 atom stereocenters. The molecule has 0 aliphatic heterocycles. The Morgan fingerprint density at radius 1 is 1.07 bits per heavy atom. The Morgan fingerprint density at radius 2 is 1.79 bits per heavy atom. The van der Waals surface area contributed by atoms with Crippen LogP contribution < -0.4 is 5.32 Å². The van der Waals surface area contributed by atoms with E-state index in [2.05, 4.69) is 10.3 Å². The van der Waals surface area contributed by atoms with Crippen LogP contribution in [0.15, 0.2) is 48.7 Å². The summed E-state index contributed by atoms with van der Waals surface area (Å²) in [4.78, 5) is 16.0. The molecule has 8 heteroatoms. The van der Waals surface area contributed by atoms with Crippen molar-refractivity contribution in [1.82, 2.24) is 4.98 Å². The molecule has 0 amide bonds. The van der Waals surface area contributed by atoms with E-state index in [0.717, 1.165) is 12.4 Å². The van der Waals surface area contributed by atoms with Crippen LogP contribution in [0.1, 0.15) is 15.9 Å². The van der Waals surface area contributed by atoms with Crippen LogP contribution >= 0.6 is 23.2 Å². The third-order valence-corrected chi connectivity index (χ3v) is 4.50. The fraction of sp³-hybridized carbons (Fsp3) is 0. The molecule has 1 aromatic heterocycles. The lowest BCUT2D eigenvalue weighted by Gasteiger charge is -2.17. The number of allylic oxidation sites excluding steroid dienone is 2. The number of aromatic nitrogens is 1. The number of aromatic carboxylic acids is 1. The van der Waals surface area contributed by atoms with Crippen molar-refractivity contribution in [2.45, 2.75) is 0 Å². The van der Waals surface area contributed by atoms with Gasteiger partial charge >= 0.3 is 5.97 Å². The second-order valence-electron chi connectivity index (χ2n) is 5.76. The van der Waals surface area contributed by atoms with Crippen molar-refractivity contribution in [2.24, 2.45) is 0 Å². The number of hydrogen-bond acceptors (Lipinski definition) is 5. The van der Waals surface area contributed by atoms with Crippen molar-refractivity contribution in [1.29, 1.82) is 10.8 Å². The lowest BCUT2D eigenvalue weighted by Crippen LogP contribution is -2.05. The standard InChI is InChI=1S/C20H14Cl2N4O2/c21-12-1-3-17-14(7-12)19(16(10-25-17)11(9-24)5-6-23)26-18-4-2-13(22)8-15(18)20(27)28/h1-10,23-24H,(H,25,26)(H,27,28)/b11-5+,23-6?,24-9?. The molecular weight excluding hydrogens is 399 g/mol. The van der Waals surface area contributed by atoms with Gasteiger partial charge in [-0.2, -0.15) is 0 Å². The minimum atomic E-state index is -1.13. The summed E-state index contributed by atoms with van der Waals surface area (Å²) in [5.74, 6) is -1.13. The summed E-state index contributed by atoms with van der Waals surface area (Å²) in [5, 5.41) is 29.1. The normalized spacial score (nSPS) is 11.3. The molecule has 0 fully saturated rings. The molecule has 28 heavy (non-hydrogen) atoms. The van der Waals surface area contributed by atoms with Gasteiger partial charge in [0.25, 0.3) is 0 Å². The number of fused-ring (bicyclic) bond motifs is 1. The fourth-order valence-corrected chi connectivity index (χ4v) is 3.11. The van der Waals surface area contributed by atoms with Gasteiger partial charge in [0.2, 0.25) is 0 Å². The van der Waals surface area contributed by atoms with E-state index in [1.807, 2.05) is 0 Å². The predicted octanol–water partition coefficient (Wildman–Crippen LogP) is 5.67. The maximum atomic E-state index is 11.6. The van der Waals surface area contributed by atoms with Crippen LogP contribution in [0.5, 0.6) is 0 Å². The molecule has 4 N–H and O–H groups in total. The third-order valence-electron chi connectivity index (χ3n) is 4.03. The molecule has 0 bridgehead atoms. The summed E-state index contributed by atoms with van der Waals surface area (Å²) in [6.45, 7) is 0. The molecule has 0 saturated heterocycles. The molecule has 0 saturated carbocycles. The van der Waals surface area contributed by atoms with Gasteiger partial charge in [0.05, 0.1) is 22.5 Å². The number of carbonyl (C=O) groups is 1. The van der Waals surface area contributed by atoms with E-state index in [9.17, 15) is 9.90 Å². The Bertz CT molecular complexity index is 1140. The molecule has 0 aliphatic carbocycles. The Balaban J connectivity index is 2.30. The summed E-state index contributed by atoms with van der Waals surface area (Å²) in [6, 6.07) is 9.66. The first-order valence-electron chi connectivity index (χ1n) is 8.04. The average Bonchev–Trinajstić information content (AvgIpc) is 2.67. The van der Waals surface area contributed by atoms with Crippen LogP contribution in [0.25, 0.3) is 16.5 Å². The zero-order valence-corrected chi connectivity index (χ0v) is 15.8. The molecule has 140 valence electrons. The molecule has 3 aromatic rings. The number of nitrogens with one attached hydrogen (secondary N) is 3. The summed E-state index contributed by atoms with van der Waals surface area (Å²) in [5.41, 5.74) is 2.44. The van der Waals surface area contributed by atoms with Crippen molar-refractivity contribution in [3.05, 3.63) is 69.8 Å². The fourth-order valence-electron chi connectivity index (χ4n) is 2.76. The van der Waals surface area contributed by atoms with E-state index in [4.69, 9.17) is 34.0 Å².